The number of rotatable bonds is 6. The Kier molecular flexibility index (Phi) is 4.79. The zero-order chi connectivity index (χ0) is 17.9. The van der Waals surface area contributed by atoms with Gasteiger partial charge in [-0.2, -0.15) is 10.1 Å². The number of aromatic amines is 1. The molecule has 7 heteroatoms. The number of benzene rings is 1. The number of hydrogen-bond donors (Lipinski definition) is 1. The van der Waals surface area contributed by atoms with Crippen LogP contribution in [-0.4, -0.2) is 32.3 Å². The van der Waals surface area contributed by atoms with Gasteiger partial charge in [0.2, 0.25) is 5.89 Å². The minimum atomic E-state index is -0.251. The van der Waals surface area contributed by atoms with Crippen LogP contribution in [0.5, 0.6) is 0 Å². The van der Waals surface area contributed by atoms with Crippen LogP contribution in [0.2, 0.25) is 0 Å². The number of hydrogen-bond acceptors (Lipinski definition) is 5. The lowest BCUT2D eigenvalue weighted by Crippen LogP contribution is -2.19. The summed E-state index contributed by atoms with van der Waals surface area (Å²) in [6.07, 6.45) is 4.98. The normalized spacial score (nSPS) is 14.0. The van der Waals surface area contributed by atoms with Crippen LogP contribution in [0.3, 0.4) is 0 Å². The third-order valence-electron chi connectivity index (χ3n) is 4.78. The molecule has 0 saturated heterocycles. The molecule has 1 N–H and O–H groups in total. The van der Waals surface area contributed by atoms with Gasteiger partial charge in [-0.3, -0.25) is 10.00 Å². The molecule has 3 aromatic rings. The second-order valence-corrected chi connectivity index (χ2v) is 6.88. The maximum atomic E-state index is 13.7. The number of fused-ring (bicyclic) bond motifs is 1. The quantitative estimate of drug-likeness (QED) is 0.736. The van der Waals surface area contributed by atoms with E-state index in [1.165, 1.54) is 30.2 Å². The predicted octanol–water partition coefficient (Wildman–Crippen LogP) is 3.03. The van der Waals surface area contributed by atoms with Crippen molar-refractivity contribution in [3.8, 4) is 0 Å². The fourth-order valence-electron chi connectivity index (χ4n) is 3.46. The van der Waals surface area contributed by atoms with Crippen LogP contribution in [0.4, 0.5) is 4.39 Å². The molecule has 1 aromatic carbocycles. The largest absolute Gasteiger partial charge is 0.338 e. The average Bonchev–Trinajstić information content (AvgIpc) is 3.24. The third kappa shape index (κ3) is 3.67. The van der Waals surface area contributed by atoms with E-state index in [4.69, 9.17) is 4.52 Å². The summed E-state index contributed by atoms with van der Waals surface area (Å²) in [7, 11) is 2.00. The van der Waals surface area contributed by atoms with E-state index in [-0.39, 0.29) is 5.82 Å². The Morgan fingerprint density at radius 2 is 2.04 bits per heavy atom. The first kappa shape index (κ1) is 16.9. The zero-order valence-corrected chi connectivity index (χ0v) is 14.8. The van der Waals surface area contributed by atoms with Gasteiger partial charge in [0.05, 0.1) is 12.2 Å². The Morgan fingerprint density at radius 3 is 2.92 bits per heavy atom. The topological polar surface area (TPSA) is 70.8 Å². The number of nitrogens with zero attached hydrogens (tertiary/aromatic N) is 4. The molecule has 0 radical (unpaired) electrons. The van der Waals surface area contributed by atoms with Crippen LogP contribution in [0.25, 0.3) is 0 Å². The lowest BCUT2D eigenvalue weighted by molar-refractivity contribution is 0.257. The molecule has 2 aromatic heterocycles. The van der Waals surface area contributed by atoms with Gasteiger partial charge in [-0.05, 0) is 49.9 Å². The van der Waals surface area contributed by atoms with E-state index < -0.39 is 0 Å². The summed E-state index contributed by atoms with van der Waals surface area (Å²) in [6.45, 7) is 1.27. The van der Waals surface area contributed by atoms with Crippen LogP contribution in [0.15, 0.2) is 28.8 Å². The highest BCUT2D eigenvalue weighted by molar-refractivity contribution is 5.27. The maximum absolute atomic E-state index is 13.7. The van der Waals surface area contributed by atoms with Gasteiger partial charge in [0, 0.05) is 18.7 Å². The van der Waals surface area contributed by atoms with Crippen molar-refractivity contribution in [2.24, 2.45) is 0 Å². The standard InChI is InChI=1S/C19H22FN5O/c1-25(11-17-14-7-3-5-9-16(14)22-23-17)12-19-21-18(24-26-19)10-13-6-2-4-8-15(13)20/h2,4,6,8H,3,5,7,9-12H2,1H3,(H,22,23). The average molecular weight is 355 g/mol. The molecule has 136 valence electrons. The van der Waals surface area contributed by atoms with Crippen molar-refractivity contribution >= 4 is 0 Å². The molecule has 2 heterocycles. The van der Waals surface area contributed by atoms with Gasteiger partial charge in [-0.25, -0.2) is 4.39 Å². The molecule has 1 aliphatic carbocycles. The van der Waals surface area contributed by atoms with Crippen molar-refractivity contribution < 1.29 is 8.91 Å². The molecule has 0 amide bonds. The third-order valence-corrected chi connectivity index (χ3v) is 4.78. The minimum absolute atomic E-state index is 0.251. The Morgan fingerprint density at radius 1 is 1.19 bits per heavy atom. The summed E-state index contributed by atoms with van der Waals surface area (Å²) >= 11 is 0. The molecule has 26 heavy (non-hydrogen) atoms. The molecule has 0 saturated carbocycles. The smallest absolute Gasteiger partial charge is 0.240 e. The summed E-state index contributed by atoms with van der Waals surface area (Å²) in [5.74, 6) is 0.776. The van der Waals surface area contributed by atoms with Crippen molar-refractivity contribution in [3.63, 3.8) is 0 Å². The first-order chi connectivity index (χ1) is 12.7. The lowest BCUT2D eigenvalue weighted by Gasteiger charge is -2.15. The van der Waals surface area contributed by atoms with Crippen molar-refractivity contribution in [1.82, 2.24) is 25.2 Å². The summed E-state index contributed by atoms with van der Waals surface area (Å²) in [5, 5.41) is 11.6. The molecule has 0 aliphatic heterocycles. The van der Waals surface area contributed by atoms with Crippen molar-refractivity contribution in [2.75, 3.05) is 7.05 Å². The monoisotopic (exact) mass is 355 g/mol. The fourth-order valence-corrected chi connectivity index (χ4v) is 3.46. The molecule has 1 aliphatic rings. The molecule has 4 rings (SSSR count). The molecule has 0 unspecified atom stereocenters. The number of aromatic nitrogens is 4. The number of aryl methyl sites for hydroxylation is 1. The number of H-pyrrole nitrogens is 1. The SMILES string of the molecule is CN(Cc1nc(Cc2ccccc2F)no1)Cc1n[nH]c2c1CCCC2. The van der Waals surface area contributed by atoms with E-state index in [0.717, 1.165) is 25.1 Å². The molecular formula is C19H22FN5O. The van der Waals surface area contributed by atoms with E-state index >= 15 is 0 Å². The van der Waals surface area contributed by atoms with E-state index in [2.05, 4.69) is 25.2 Å². The van der Waals surface area contributed by atoms with Gasteiger partial charge in [0.15, 0.2) is 5.82 Å². The summed E-state index contributed by atoms with van der Waals surface area (Å²) in [6, 6.07) is 6.65. The molecule has 0 spiro atoms. The van der Waals surface area contributed by atoms with Crippen LogP contribution in [0, 0.1) is 5.82 Å². The minimum Gasteiger partial charge on any atom is -0.338 e. The van der Waals surface area contributed by atoms with Crippen LogP contribution in [0.1, 0.15) is 47.1 Å². The van der Waals surface area contributed by atoms with Gasteiger partial charge in [-0.1, -0.05) is 23.4 Å². The Bertz CT molecular complexity index is 888. The summed E-state index contributed by atoms with van der Waals surface area (Å²) in [5.41, 5.74) is 4.32. The summed E-state index contributed by atoms with van der Waals surface area (Å²) in [4.78, 5) is 6.49. The van der Waals surface area contributed by atoms with Gasteiger partial charge < -0.3 is 4.52 Å². The first-order valence-corrected chi connectivity index (χ1v) is 8.97. The Labute approximate surface area is 151 Å². The van der Waals surface area contributed by atoms with E-state index in [1.54, 1.807) is 18.2 Å². The fraction of sp³-hybridized carbons (Fsp3) is 0.421. The van der Waals surface area contributed by atoms with Crippen LogP contribution < -0.4 is 0 Å². The van der Waals surface area contributed by atoms with Crippen molar-refractivity contribution in [2.45, 2.75) is 45.2 Å². The van der Waals surface area contributed by atoms with Gasteiger partial charge in [0.25, 0.3) is 0 Å². The maximum Gasteiger partial charge on any atom is 0.240 e. The molecule has 0 bridgehead atoms. The Balaban J connectivity index is 1.38. The number of halogens is 1. The molecule has 6 nitrogen and oxygen atoms in total. The highest BCUT2D eigenvalue weighted by atomic mass is 19.1. The van der Waals surface area contributed by atoms with E-state index in [1.807, 2.05) is 7.05 Å². The molecule has 0 fully saturated rings. The second-order valence-electron chi connectivity index (χ2n) is 6.88. The first-order valence-electron chi connectivity index (χ1n) is 8.97. The second kappa shape index (κ2) is 7.37. The van der Waals surface area contributed by atoms with E-state index in [9.17, 15) is 4.39 Å². The lowest BCUT2D eigenvalue weighted by atomic mass is 9.96. The van der Waals surface area contributed by atoms with Gasteiger partial charge in [0.1, 0.15) is 5.82 Å². The highest BCUT2D eigenvalue weighted by Gasteiger charge is 2.18. The molecule has 0 atom stereocenters. The summed E-state index contributed by atoms with van der Waals surface area (Å²) < 4.78 is 19.1. The highest BCUT2D eigenvalue weighted by Crippen LogP contribution is 2.23. The van der Waals surface area contributed by atoms with Crippen LogP contribution >= 0.6 is 0 Å². The van der Waals surface area contributed by atoms with Crippen LogP contribution in [-0.2, 0) is 32.4 Å². The Hall–Kier alpha value is -2.54. The molecular weight excluding hydrogens is 333 g/mol. The number of nitrogens with one attached hydrogen (secondary N) is 1. The van der Waals surface area contributed by atoms with E-state index in [0.29, 0.717) is 30.2 Å². The van der Waals surface area contributed by atoms with Crippen molar-refractivity contribution in [1.29, 1.82) is 0 Å². The zero-order valence-electron chi connectivity index (χ0n) is 14.8. The van der Waals surface area contributed by atoms with Gasteiger partial charge in [-0.15, -0.1) is 0 Å². The van der Waals surface area contributed by atoms with Gasteiger partial charge >= 0.3 is 0 Å². The van der Waals surface area contributed by atoms with Crippen molar-refractivity contribution in [3.05, 3.63) is 64.3 Å². The predicted molar refractivity (Wildman–Crippen MR) is 93.9 cm³/mol.